The second kappa shape index (κ2) is 9.46. The minimum Gasteiger partial charge on any atom is -0.388 e. The third-order valence-corrected chi connectivity index (χ3v) is 8.12. The van der Waals surface area contributed by atoms with Crippen molar-refractivity contribution in [3.05, 3.63) is 65.2 Å². The lowest BCUT2D eigenvalue weighted by Gasteiger charge is -2.42. The summed E-state index contributed by atoms with van der Waals surface area (Å²) in [5.41, 5.74) is 4.01. The van der Waals surface area contributed by atoms with Crippen LogP contribution in [0.5, 0.6) is 0 Å². The highest BCUT2D eigenvalue weighted by Gasteiger charge is 2.36. The Labute approximate surface area is 195 Å². The average Bonchev–Trinajstić information content (AvgIpc) is 2.84. The summed E-state index contributed by atoms with van der Waals surface area (Å²) in [6.07, 6.45) is 2.32. The van der Waals surface area contributed by atoms with Gasteiger partial charge in [0, 0.05) is 68.6 Å². The molecule has 1 N–H and O–H groups in total. The number of carbonyl (C=O) groups excluding carboxylic acids is 1. The zero-order chi connectivity index (χ0) is 22.0. The smallest absolute Gasteiger partial charge is 0.253 e. The van der Waals surface area contributed by atoms with E-state index in [1.165, 1.54) is 11.1 Å². The zero-order valence-electron chi connectivity index (χ0n) is 18.7. The van der Waals surface area contributed by atoms with Gasteiger partial charge in [-0.05, 0) is 48.6 Å². The number of fused-ring (bicyclic) bond motifs is 1. The minimum atomic E-state index is -0.712. The van der Waals surface area contributed by atoms with Gasteiger partial charge in [-0.1, -0.05) is 30.3 Å². The van der Waals surface area contributed by atoms with Crippen molar-refractivity contribution in [3.8, 4) is 0 Å². The summed E-state index contributed by atoms with van der Waals surface area (Å²) in [4.78, 5) is 19.9. The summed E-state index contributed by atoms with van der Waals surface area (Å²) in [5.74, 6) is 2.38. The van der Waals surface area contributed by atoms with E-state index in [0.29, 0.717) is 32.5 Å². The normalized spacial score (nSPS) is 21.3. The highest BCUT2D eigenvalue weighted by molar-refractivity contribution is 7.99. The molecule has 170 valence electrons. The van der Waals surface area contributed by atoms with Gasteiger partial charge in [0.1, 0.15) is 0 Å². The highest BCUT2D eigenvalue weighted by Crippen LogP contribution is 2.28. The first-order valence-corrected chi connectivity index (χ1v) is 13.0. The summed E-state index contributed by atoms with van der Waals surface area (Å²) in [6, 6.07) is 16.7. The number of hydrogen-bond donors (Lipinski definition) is 1. The molecule has 5 nitrogen and oxygen atoms in total. The maximum absolute atomic E-state index is 13.2. The minimum absolute atomic E-state index is 0.0900. The third kappa shape index (κ3) is 4.82. The van der Waals surface area contributed by atoms with Crippen molar-refractivity contribution < 1.29 is 9.90 Å². The lowest BCUT2D eigenvalue weighted by molar-refractivity contribution is -0.0430. The molecule has 0 unspecified atom stereocenters. The molecule has 0 atom stereocenters. The second-order valence-corrected chi connectivity index (χ2v) is 10.6. The summed E-state index contributed by atoms with van der Waals surface area (Å²) < 4.78 is 0. The fraction of sp³-hybridized carbons (Fsp3) is 0.500. The lowest BCUT2D eigenvalue weighted by atomic mass is 9.89. The quantitative estimate of drug-likeness (QED) is 0.773. The Morgan fingerprint density at radius 2 is 1.69 bits per heavy atom. The van der Waals surface area contributed by atoms with Gasteiger partial charge in [-0.2, -0.15) is 11.8 Å². The van der Waals surface area contributed by atoms with Gasteiger partial charge in [0.25, 0.3) is 5.91 Å². The molecule has 3 aliphatic rings. The molecule has 5 rings (SSSR count). The average molecular weight is 452 g/mol. The van der Waals surface area contributed by atoms with Gasteiger partial charge >= 0.3 is 0 Å². The van der Waals surface area contributed by atoms with Crippen molar-refractivity contribution in [1.29, 1.82) is 0 Å². The van der Waals surface area contributed by atoms with Crippen LogP contribution in [0.15, 0.2) is 48.5 Å². The number of nitrogens with zero attached hydrogens (tertiary/aromatic N) is 3. The van der Waals surface area contributed by atoms with E-state index in [2.05, 4.69) is 40.1 Å². The third-order valence-electron chi connectivity index (χ3n) is 7.18. The molecule has 1 amide bonds. The Balaban J connectivity index is 1.18. The predicted molar refractivity (Wildman–Crippen MR) is 131 cm³/mol. The molecule has 3 aliphatic heterocycles. The molecule has 2 fully saturated rings. The van der Waals surface area contributed by atoms with Gasteiger partial charge in [-0.25, -0.2) is 0 Å². The van der Waals surface area contributed by atoms with E-state index >= 15 is 0 Å². The molecular weight excluding hydrogens is 418 g/mol. The molecule has 32 heavy (non-hydrogen) atoms. The van der Waals surface area contributed by atoms with Crippen LogP contribution in [0, 0.1) is 0 Å². The molecule has 3 heterocycles. The molecule has 0 radical (unpaired) electrons. The monoisotopic (exact) mass is 451 g/mol. The molecule has 0 saturated carbocycles. The van der Waals surface area contributed by atoms with E-state index in [0.717, 1.165) is 55.4 Å². The van der Waals surface area contributed by atoms with Gasteiger partial charge in [0.05, 0.1) is 5.60 Å². The number of benzene rings is 2. The number of rotatable bonds is 4. The van der Waals surface area contributed by atoms with Crippen LogP contribution in [0.25, 0.3) is 0 Å². The van der Waals surface area contributed by atoms with Gasteiger partial charge < -0.3 is 14.9 Å². The summed E-state index contributed by atoms with van der Waals surface area (Å²) in [7, 11) is 0. The first-order chi connectivity index (χ1) is 15.6. The predicted octanol–water partition coefficient (Wildman–Crippen LogP) is 3.27. The van der Waals surface area contributed by atoms with Gasteiger partial charge in [0.15, 0.2) is 0 Å². The molecule has 2 aromatic rings. The van der Waals surface area contributed by atoms with Crippen LogP contribution in [-0.4, -0.2) is 77.2 Å². The number of β-amino-alcohol motifs (C(OH)–C–C–N with tert-alkyl or cyclic N) is 1. The molecule has 2 saturated heterocycles. The Hall–Kier alpha value is -2.02. The van der Waals surface area contributed by atoms with Crippen molar-refractivity contribution in [2.24, 2.45) is 0 Å². The summed E-state index contributed by atoms with van der Waals surface area (Å²) in [6.45, 7) is 5.90. The number of aliphatic hydroxyl groups is 1. The van der Waals surface area contributed by atoms with Crippen LogP contribution in [0.4, 0.5) is 5.69 Å². The standard InChI is InChI=1S/C26H33N3O2S/c30-25(22-6-3-7-24(18-22)28-14-16-32-17-15-28)29-12-9-26(31,10-13-29)20-27-11-8-21-4-1-2-5-23(21)19-27/h1-7,18,31H,8-17,19-20H2. The van der Waals surface area contributed by atoms with E-state index in [1.807, 2.05) is 34.9 Å². The number of thioether (sulfide) groups is 1. The van der Waals surface area contributed by atoms with Crippen LogP contribution in [0.1, 0.15) is 34.3 Å². The Morgan fingerprint density at radius 3 is 2.47 bits per heavy atom. The summed E-state index contributed by atoms with van der Waals surface area (Å²) >= 11 is 1.99. The molecule has 0 spiro atoms. The van der Waals surface area contributed by atoms with Crippen LogP contribution < -0.4 is 4.90 Å². The van der Waals surface area contributed by atoms with Gasteiger partial charge in [-0.3, -0.25) is 9.69 Å². The largest absolute Gasteiger partial charge is 0.388 e. The topological polar surface area (TPSA) is 47.0 Å². The molecule has 6 heteroatoms. The fourth-order valence-electron chi connectivity index (χ4n) is 5.23. The van der Waals surface area contributed by atoms with Gasteiger partial charge in [-0.15, -0.1) is 0 Å². The van der Waals surface area contributed by atoms with Crippen molar-refractivity contribution in [3.63, 3.8) is 0 Å². The molecule has 0 aromatic heterocycles. The Morgan fingerprint density at radius 1 is 0.938 bits per heavy atom. The van der Waals surface area contributed by atoms with Crippen LogP contribution in [-0.2, 0) is 13.0 Å². The van der Waals surface area contributed by atoms with E-state index in [4.69, 9.17) is 0 Å². The van der Waals surface area contributed by atoms with Crippen LogP contribution in [0.3, 0.4) is 0 Å². The number of carbonyl (C=O) groups is 1. The van der Waals surface area contributed by atoms with E-state index in [9.17, 15) is 9.90 Å². The number of hydrogen-bond acceptors (Lipinski definition) is 5. The fourth-order valence-corrected chi connectivity index (χ4v) is 6.13. The van der Waals surface area contributed by atoms with Crippen molar-refractivity contribution in [2.45, 2.75) is 31.4 Å². The second-order valence-electron chi connectivity index (χ2n) is 9.40. The lowest BCUT2D eigenvalue weighted by Crippen LogP contribution is -2.52. The molecular formula is C26H33N3O2S. The SMILES string of the molecule is O=C(c1cccc(N2CCSCC2)c1)N1CCC(O)(CN2CCc3ccccc3C2)CC1. The van der Waals surface area contributed by atoms with Crippen LogP contribution in [0.2, 0.25) is 0 Å². The first kappa shape index (κ1) is 21.8. The molecule has 2 aromatic carbocycles. The van der Waals surface area contributed by atoms with Crippen molar-refractivity contribution >= 4 is 23.4 Å². The first-order valence-electron chi connectivity index (χ1n) is 11.8. The number of anilines is 1. The Kier molecular flexibility index (Phi) is 6.44. The van der Waals surface area contributed by atoms with Crippen LogP contribution >= 0.6 is 11.8 Å². The molecule has 0 aliphatic carbocycles. The van der Waals surface area contributed by atoms with Crippen molar-refractivity contribution in [1.82, 2.24) is 9.80 Å². The number of amides is 1. The summed E-state index contributed by atoms with van der Waals surface area (Å²) in [5, 5.41) is 11.3. The highest BCUT2D eigenvalue weighted by atomic mass is 32.2. The Bertz CT molecular complexity index is 952. The zero-order valence-corrected chi connectivity index (χ0v) is 19.5. The molecule has 0 bridgehead atoms. The van der Waals surface area contributed by atoms with Crippen molar-refractivity contribution in [2.75, 3.05) is 55.7 Å². The van der Waals surface area contributed by atoms with E-state index in [-0.39, 0.29) is 5.91 Å². The van der Waals surface area contributed by atoms with Gasteiger partial charge in [0.2, 0.25) is 0 Å². The maximum atomic E-state index is 13.2. The van der Waals surface area contributed by atoms with E-state index < -0.39 is 5.60 Å². The maximum Gasteiger partial charge on any atom is 0.253 e. The number of piperidine rings is 1. The van der Waals surface area contributed by atoms with E-state index in [1.54, 1.807) is 0 Å². The number of likely N-dealkylation sites (tertiary alicyclic amines) is 1.